The molecule has 0 saturated heterocycles. The van der Waals surface area contributed by atoms with Crippen LogP contribution in [0.25, 0.3) is 0 Å². The molecule has 2 rings (SSSR count). The zero-order valence-corrected chi connectivity index (χ0v) is 12.1. The van der Waals surface area contributed by atoms with Crippen LogP contribution in [0.3, 0.4) is 0 Å². The minimum atomic E-state index is -0.0214. The average molecular weight is 259 g/mol. The number of rotatable bonds is 4. The highest BCUT2D eigenvalue weighted by atomic mass is 16.1. The maximum Gasteiger partial charge on any atom is 0.165 e. The van der Waals surface area contributed by atoms with Crippen LogP contribution >= 0.6 is 0 Å². The summed E-state index contributed by atoms with van der Waals surface area (Å²) in [4.78, 5) is 12.4. The Bertz CT molecular complexity index is 427. The summed E-state index contributed by atoms with van der Waals surface area (Å²) in [5.41, 5.74) is 7.83. The van der Waals surface area contributed by atoms with Crippen molar-refractivity contribution >= 4 is 5.78 Å². The average Bonchev–Trinajstić information content (AvgIpc) is 2.47. The lowest BCUT2D eigenvalue weighted by Gasteiger charge is -2.24. The number of carbonyl (C=O) groups is 1. The Balaban J connectivity index is 2.11. The molecule has 1 aliphatic carbocycles. The van der Waals surface area contributed by atoms with E-state index in [4.69, 9.17) is 5.73 Å². The predicted octanol–water partition coefficient (Wildman–Crippen LogP) is 3.69. The van der Waals surface area contributed by atoms with Crippen molar-refractivity contribution in [2.45, 2.75) is 51.4 Å². The van der Waals surface area contributed by atoms with Crippen LogP contribution in [0.2, 0.25) is 0 Å². The van der Waals surface area contributed by atoms with E-state index in [1.54, 1.807) is 0 Å². The summed E-state index contributed by atoms with van der Waals surface area (Å²) in [7, 11) is 0. The second kappa shape index (κ2) is 5.87. The molecule has 1 aromatic rings. The fraction of sp³-hybridized carbons (Fsp3) is 0.588. The van der Waals surface area contributed by atoms with Gasteiger partial charge in [0.25, 0.3) is 0 Å². The van der Waals surface area contributed by atoms with E-state index in [9.17, 15) is 4.79 Å². The van der Waals surface area contributed by atoms with Gasteiger partial charge in [-0.15, -0.1) is 0 Å². The quantitative estimate of drug-likeness (QED) is 0.838. The van der Waals surface area contributed by atoms with Crippen LogP contribution in [0.1, 0.15) is 61.9 Å². The molecule has 1 fully saturated rings. The van der Waals surface area contributed by atoms with Gasteiger partial charge in [-0.25, -0.2) is 0 Å². The van der Waals surface area contributed by atoms with Crippen molar-refractivity contribution < 1.29 is 4.79 Å². The first-order chi connectivity index (χ1) is 9.04. The van der Waals surface area contributed by atoms with Crippen molar-refractivity contribution in [1.29, 1.82) is 0 Å². The Hall–Kier alpha value is -1.15. The summed E-state index contributed by atoms with van der Waals surface area (Å²) in [5.74, 6) is 0.582. The van der Waals surface area contributed by atoms with E-state index < -0.39 is 0 Å². The third-order valence-electron chi connectivity index (χ3n) is 4.44. The van der Waals surface area contributed by atoms with E-state index in [2.05, 4.69) is 26.0 Å². The van der Waals surface area contributed by atoms with Gasteiger partial charge in [-0.3, -0.25) is 4.79 Å². The minimum absolute atomic E-state index is 0.0214. The Kier molecular flexibility index (Phi) is 4.41. The molecule has 0 heterocycles. The Morgan fingerprint density at radius 2 is 1.74 bits per heavy atom. The summed E-state index contributed by atoms with van der Waals surface area (Å²) in [5, 5.41) is 0. The molecule has 2 nitrogen and oxygen atoms in total. The molecule has 1 aromatic carbocycles. The topological polar surface area (TPSA) is 43.1 Å². The number of benzene rings is 1. The first kappa shape index (κ1) is 14.3. The number of hydrogen-bond donors (Lipinski definition) is 1. The van der Waals surface area contributed by atoms with Gasteiger partial charge in [-0.2, -0.15) is 0 Å². The predicted molar refractivity (Wildman–Crippen MR) is 79.4 cm³/mol. The van der Waals surface area contributed by atoms with Crippen LogP contribution in [-0.4, -0.2) is 12.3 Å². The summed E-state index contributed by atoms with van der Waals surface area (Å²) >= 11 is 0. The molecule has 1 saturated carbocycles. The summed E-state index contributed by atoms with van der Waals surface area (Å²) in [6.45, 7) is 4.87. The minimum Gasteiger partial charge on any atom is -0.330 e. The summed E-state index contributed by atoms with van der Waals surface area (Å²) < 4.78 is 0. The van der Waals surface area contributed by atoms with Crippen molar-refractivity contribution in [2.24, 2.45) is 11.7 Å². The lowest BCUT2D eigenvalue weighted by molar-refractivity contribution is 0.0889. The number of hydrogen-bond acceptors (Lipinski definition) is 2. The highest BCUT2D eigenvalue weighted by molar-refractivity contribution is 5.97. The normalized spacial score (nSPS) is 17.4. The third-order valence-corrected chi connectivity index (χ3v) is 4.44. The molecule has 0 unspecified atom stereocenters. The maximum atomic E-state index is 12.4. The maximum absolute atomic E-state index is 12.4. The zero-order chi connectivity index (χ0) is 13.9. The molecule has 2 heteroatoms. The summed E-state index contributed by atoms with van der Waals surface area (Å²) in [6, 6.07) is 8.07. The van der Waals surface area contributed by atoms with Crippen LogP contribution in [0.4, 0.5) is 0 Å². The molecule has 0 spiro atoms. The molecule has 0 amide bonds. The Morgan fingerprint density at radius 3 is 2.26 bits per heavy atom. The van der Waals surface area contributed by atoms with Crippen molar-refractivity contribution in [3.05, 3.63) is 35.4 Å². The molecular weight excluding hydrogens is 234 g/mol. The first-order valence-corrected chi connectivity index (χ1v) is 7.39. The molecule has 104 valence electrons. The fourth-order valence-corrected chi connectivity index (χ4v) is 2.80. The SMILES string of the molecule is CC(C)(CN)c1ccc(C(=O)C2CCCCC2)cc1. The number of Topliss-reactive ketones (excluding diaryl/α,β-unsaturated/α-hetero) is 1. The van der Waals surface area contributed by atoms with E-state index in [-0.39, 0.29) is 11.3 Å². The number of ketones is 1. The molecule has 0 radical (unpaired) electrons. The Morgan fingerprint density at radius 1 is 1.16 bits per heavy atom. The monoisotopic (exact) mass is 259 g/mol. The Labute approximate surface area is 116 Å². The molecule has 0 aliphatic heterocycles. The van der Waals surface area contributed by atoms with E-state index in [0.29, 0.717) is 12.3 Å². The standard InChI is InChI=1S/C17H25NO/c1-17(2,12-18)15-10-8-14(9-11-15)16(19)13-6-4-3-5-7-13/h8-11,13H,3-7,12,18H2,1-2H3. The fourth-order valence-electron chi connectivity index (χ4n) is 2.80. The van der Waals surface area contributed by atoms with Crippen LogP contribution in [0.5, 0.6) is 0 Å². The summed E-state index contributed by atoms with van der Waals surface area (Å²) in [6.07, 6.45) is 5.82. The highest BCUT2D eigenvalue weighted by Crippen LogP contribution is 2.28. The van der Waals surface area contributed by atoms with Crippen LogP contribution in [-0.2, 0) is 5.41 Å². The molecule has 0 bridgehead atoms. The second-order valence-corrected chi connectivity index (χ2v) is 6.36. The smallest absolute Gasteiger partial charge is 0.165 e. The molecule has 0 aromatic heterocycles. The largest absolute Gasteiger partial charge is 0.330 e. The molecule has 0 atom stereocenters. The zero-order valence-electron chi connectivity index (χ0n) is 12.1. The first-order valence-electron chi connectivity index (χ1n) is 7.39. The molecule has 1 aliphatic rings. The van der Waals surface area contributed by atoms with E-state index >= 15 is 0 Å². The van der Waals surface area contributed by atoms with Gasteiger partial charge in [0, 0.05) is 23.4 Å². The van der Waals surface area contributed by atoms with Gasteiger partial charge >= 0.3 is 0 Å². The number of carbonyl (C=O) groups excluding carboxylic acids is 1. The van der Waals surface area contributed by atoms with Crippen LogP contribution in [0.15, 0.2) is 24.3 Å². The van der Waals surface area contributed by atoms with E-state index in [1.165, 1.54) is 24.8 Å². The van der Waals surface area contributed by atoms with Gasteiger partial charge < -0.3 is 5.73 Å². The van der Waals surface area contributed by atoms with Crippen molar-refractivity contribution in [1.82, 2.24) is 0 Å². The lowest BCUT2D eigenvalue weighted by atomic mass is 9.81. The molecular formula is C17H25NO. The van der Waals surface area contributed by atoms with Gasteiger partial charge in [-0.05, 0) is 18.4 Å². The molecule has 19 heavy (non-hydrogen) atoms. The van der Waals surface area contributed by atoms with Crippen molar-refractivity contribution in [3.8, 4) is 0 Å². The number of nitrogens with two attached hydrogens (primary N) is 1. The van der Waals surface area contributed by atoms with E-state index in [0.717, 1.165) is 18.4 Å². The van der Waals surface area contributed by atoms with Gasteiger partial charge in [0.15, 0.2) is 5.78 Å². The third kappa shape index (κ3) is 3.24. The van der Waals surface area contributed by atoms with Gasteiger partial charge in [-0.1, -0.05) is 57.4 Å². The lowest BCUT2D eigenvalue weighted by Crippen LogP contribution is -2.28. The van der Waals surface area contributed by atoms with Crippen molar-refractivity contribution in [2.75, 3.05) is 6.54 Å². The van der Waals surface area contributed by atoms with Gasteiger partial charge in [0.05, 0.1) is 0 Å². The second-order valence-electron chi connectivity index (χ2n) is 6.36. The van der Waals surface area contributed by atoms with Gasteiger partial charge in [0.2, 0.25) is 0 Å². The van der Waals surface area contributed by atoms with Crippen LogP contribution < -0.4 is 5.73 Å². The van der Waals surface area contributed by atoms with E-state index in [1.807, 2.05) is 12.1 Å². The van der Waals surface area contributed by atoms with Gasteiger partial charge in [0.1, 0.15) is 0 Å². The van der Waals surface area contributed by atoms with Crippen LogP contribution in [0, 0.1) is 5.92 Å². The van der Waals surface area contributed by atoms with Crippen molar-refractivity contribution in [3.63, 3.8) is 0 Å². The highest BCUT2D eigenvalue weighted by Gasteiger charge is 2.23. The molecule has 2 N–H and O–H groups in total.